The maximum absolute atomic E-state index is 13.3. The molecule has 0 spiro atoms. The van der Waals surface area contributed by atoms with E-state index >= 15 is 0 Å². The lowest BCUT2D eigenvalue weighted by atomic mass is 9.45. The number of nitrogens with one attached hydrogen (secondary N) is 1. The minimum atomic E-state index is -0.824. The van der Waals surface area contributed by atoms with Gasteiger partial charge in [-0.2, -0.15) is 0 Å². The Hall–Kier alpha value is -2.90. The molecule has 1 aromatic rings. The number of amides is 4. The fraction of sp³-hybridized carbons (Fsp3) is 0.583. The van der Waals surface area contributed by atoms with Crippen LogP contribution in [0.15, 0.2) is 24.3 Å². The van der Waals surface area contributed by atoms with Crippen LogP contribution in [0.2, 0.25) is 0 Å². The summed E-state index contributed by atoms with van der Waals surface area (Å²) in [5, 5.41) is 2.75. The van der Waals surface area contributed by atoms with Crippen molar-refractivity contribution < 1.29 is 19.2 Å². The standard InChI is InChI=1S/C24H32N4O4/c1-14-22(31)26-19-7-5-4-6-17(19)23(32)28(14)13-21(30)27(12-20(25)29)11-15-8-9-16-10-18(15)24(16,2)3/h4-7,14-16,18H,8-13H2,1-3H3,(H2,25,29)(H,26,31)/t14-,15-,16+,18+/m0/s1. The summed E-state index contributed by atoms with van der Waals surface area (Å²) in [6.45, 7) is 6.14. The average molecular weight is 441 g/mol. The van der Waals surface area contributed by atoms with Gasteiger partial charge in [0.1, 0.15) is 12.6 Å². The number of rotatable bonds is 6. The van der Waals surface area contributed by atoms with Crippen LogP contribution in [0.25, 0.3) is 0 Å². The molecule has 1 aromatic carbocycles. The summed E-state index contributed by atoms with van der Waals surface area (Å²) in [4.78, 5) is 53.6. The predicted molar refractivity (Wildman–Crippen MR) is 119 cm³/mol. The van der Waals surface area contributed by atoms with Crippen molar-refractivity contribution in [3.05, 3.63) is 29.8 Å². The molecular weight excluding hydrogens is 408 g/mol. The van der Waals surface area contributed by atoms with Crippen LogP contribution in [0.3, 0.4) is 0 Å². The maximum Gasteiger partial charge on any atom is 0.257 e. The zero-order valence-electron chi connectivity index (χ0n) is 19.0. The molecule has 5 rings (SSSR count). The Kier molecular flexibility index (Phi) is 5.73. The van der Waals surface area contributed by atoms with Gasteiger partial charge in [-0.1, -0.05) is 26.0 Å². The van der Waals surface area contributed by atoms with E-state index in [0.29, 0.717) is 29.6 Å². The Morgan fingerprint density at radius 1 is 1.22 bits per heavy atom. The van der Waals surface area contributed by atoms with E-state index in [2.05, 4.69) is 19.2 Å². The second-order valence-corrected chi connectivity index (χ2v) is 10.1. The fourth-order valence-electron chi connectivity index (χ4n) is 5.85. The predicted octanol–water partition coefficient (Wildman–Crippen LogP) is 1.86. The number of primary amides is 1. The summed E-state index contributed by atoms with van der Waals surface area (Å²) in [5.41, 5.74) is 6.48. The van der Waals surface area contributed by atoms with E-state index in [9.17, 15) is 19.2 Å². The van der Waals surface area contributed by atoms with Gasteiger partial charge in [0, 0.05) is 6.54 Å². The number of nitrogens with zero attached hydrogens (tertiary/aromatic N) is 2. The van der Waals surface area contributed by atoms with Crippen LogP contribution in [0, 0.1) is 23.2 Å². The van der Waals surface area contributed by atoms with Gasteiger partial charge in [0.05, 0.1) is 17.8 Å². The van der Waals surface area contributed by atoms with Gasteiger partial charge in [-0.05, 0) is 61.5 Å². The van der Waals surface area contributed by atoms with E-state index in [1.807, 2.05) is 0 Å². The summed E-state index contributed by atoms with van der Waals surface area (Å²) < 4.78 is 0. The zero-order chi connectivity index (χ0) is 23.2. The third-order valence-corrected chi connectivity index (χ3v) is 7.98. The highest BCUT2D eigenvalue weighted by atomic mass is 16.2. The minimum absolute atomic E-state index is 0.189. The molecule has 0 radical (unpaired) electrons. The first-order chi connectivity index (χ1) is 15.1. The SMILES string of the molecule is C[C@H]1C(=O)Nc2ccccc2C(=O)N1CC(=O)N(CC(N)=O)C[C@@H]1CC[C@@H]2C[C@H]1C2(C)C. The van der Waals surface area contributed by atoms with Crippen LogP contribution >= 0.6 is 0 Å². The number of carbonyl (C=O) groups excluding carboxylic acids is 4. The van der Waals surface area contributed by atoms with Crippen LogP contribution in [-0.2, 0) is 14.4 Å². The topological polar surface area (TPSA) is 113 Å². The van der Waals surface area contributed by atoms with Crippen molar-refractivity contribution in [2.75, 3.05) is 25.0 Å². The number of hydrogen-bond acceptors (Lipinski definition) is 4. The molecule has 3 fully saturated rings. The molecule has 2 bridgehead atoms. The monoisotopic (exact) mass is 440 g/mol. The Balaban J connectivity index is 1.53. The fourth-order valence-corrected chi connectivity index (χ4v) is 5.85. The normalized spacial score (nSPS) is 28.2. The molecule has 0 saturated heterocycles. The van der Waals surface area contributed by atoms with Crippen LogP contribution in [-0.4, -0.2) is 59.1 Å². The van der Waals surface area contributed by atoms with Gasteiger partial charge in [-0.15, -0.1) is 0 Å². The van der Waals surface area contributed by atoms with E-state index in [1.165, 1.54) is 9.80 Å². The van der Waals surface area contributed by atoms with Gasteiger partial charge < -0.3 is 20.9 Å². The molecule has 32 heavy (non-hydrogen) atoms. The Morgan fingerprint density at radius 3 is 2.59 bits per heavy atom. The first-order valence-electron chi connectivity index (χ1n) is 11.4. The third kappa shape index (κ3) is 3.87. The molecule has 0 aromatic heterocycles. The van der Waals surface area contributed by atoms with Gasteiger partial charge in [0.15, 0.2) is 0 Å². The number of anilines is 1. The van der Waals surface area contributed by atoms with Gasteiger partial charge in [0.25, 0.3) is 5.91 Å². The minimum Gasteiger partial charge on any atom is -0.368 e. The molecule has 3 aliphatic carbocycles. The number of carbonyl (C=O) groups is 4. The lowest BCUT2D eigenvalue weighted by molar-refractivity contribution is -0.143. The lowest BCUT2D eigenvalue weighted by Gasteiger charge is -2.60. The van der Waals surface area contributed by atoms with Gasteiger partial charge in [-0.3, -0.25) is 19.2 Å². The molecule has 8 nitrogen and oxygen atoms in total. The van der Waals surface area contributed by atoms with Crippen LogP contribution in [0.1, 0.15) is 50.4 Å². The van der Waals surface area contributed by atoms with Crippen molar-refractivity contribution in [2.24, 2.45) is 28.9 Å². The first-order valence-corrected chi connectivity index (χ1v) is 11.4. The molecule has 8 heteroatoms. The number of para-hydroxylation sites is 1. The summed E-state index contributed by atoms with van der Waals surface area (Å²) in [5.74, 6) is -0.140. The second kappa shape index (κ2) is 8.22. The highest BCUT2D eigenvalue weighted by molar-refractivity contribution is 6.10. The molecule has 1 heterocycles. The van der Waals surface area contributed by atoms with Crippen molar-refractivity contribution in [1.29, 1.82) is 0 Å². The number of benzene rings is 1. The Morgan fingerprint density at radius 2 is 1.94 bits per heavy atom. The first kappa shape index (κ1) is 22.3. The third-order valence-electron chi connectivity index (χ3n) is 7.98. The number of nitrogens with two attached hydrogens (primary N) is 1. The van der Waals surface area contributed by atoms with Gasteiger partial charge in [0.2, 0.25) is 17.7 Å². The zero-order valence-corrected chi connectivity index (χ0v) is 19.0. The van der Waals surface area contributed by atoms with Gasteiger partial charge in [-0.25, -0.2) is 0 Å². The highest BCUT2D eigenvalue weighted by Crippen LogP contribution is 2.61. The molecule has 4 aliphatic rings. The van der Waals surface area contributed by atoms with Crippen LogP contribution < -0.4 is 11.1 Å². The lowest BCUT2D eigenvalue weighted by Crippen LogP contribution is -2.56. The van der Waals surface area contributed by atoms with Crippen molar-refractivity contribution in [1.82, 2.24) is 9.80 Å². The van der Waals surface area contributed by atoms with E-state index < -0.39 is 11.9 Å². The van der Waals surface area contributed by atoms with Crippen molar-refractivity contribution in [3.63, 3.8) is 0 Å². The molecular formula is C24H32N4O4. The van der Waals surface area contributed by atoms with Gasteiger partial charge >= 0.3 is 0 Å². The summed E-state index contributed by atoms with van der Waals surface area (Å²) >= 11 is 0. The summed E-state index contributed by atoms with van der Waals surface area (Å²) in [7, 11) is 0. The maximum atomic E-state index is 13.3. The molecule has 4 amide bonds. The molecule has 0 unspecified atom stereocenters. The second-order valence-electron chi connectivity index (χ2n) is 10.1. The summed E-state index contributed by atoms with van der Waals surface area (Å²) in [6.07, 6.45) is 3.32. The van der Waals surface area contributed by atoms with E-state index in [4.69, 9.17) is 5.73 Å². The Bertz CT molecular complexity index is 957. The Labute approximate surface area is 188 Å². The molecule has 1 aliphatic heterocycles. The average Bonchev–Trinajstić information content (AvgIpc) is 2.83. The van der Waals surface area contributed by atoms with E-state index in [0.717, 1.165) is 25.2 Å². The number of hydrogen-bond donors (Lipinski definition) is 2. The molecule has 3 N–H and O–H groups in total. The van der Waals surface area contributed by atoms with Crippen LogP contribution in [0.4, 0.5) is 5.69 Å². The number of fused-ring (bicyclic) bond motifs is 3. The largest absolute Gasteiger partial charge is 0.368 e. The van der Waals surface area contributed by atoms with Crippen LogP contribution in [0.5, 0.6) is 0 Å². The highest BCUT2D eigenvalue weighted by Gasteiger charge is 2.54. The molecule has 172 valence electrons. The quantitative estimate of drug-likeness (QED) is 0.703. The smallest absolute Gasteiger partial charge is 0.257 e. The van der Waals surface area contributed by atoms with Crippen molar-refractivity contribution in [3.8, 4) is 0 Å². The van der Waals surface area contributed by atoms with E-state index in [1.54, 1.807) is 31.2 Å². The summed E-state index contributed by atoms with van der Waals surface area (Å²) in [6, 6.07) is 5.93. The van der Waals surface area contributed by atoms with Crippen molar-refractivity contribution in [2.45, 2.75) is 46.1 Å². The molecule has 3 saturated carbocycles. The van der Waals surface area contributed by atoms with Crippen molar-refractivity contribution >= 4 is 29.3 Å². The molecule has 4 atom stereocenters. The van der Waals surface area contributed by atoms with E-state index in [-0.39, 0.29) is 36.2 Å².